The first kappa shape index (κ1) is 15.1. The number of nitrogens with one attached hydrogen (secondary N) is 1. The fourth-order valence-electron chi connectivity index (χ4n) is 0.809. The van der Waals surface area contributed by atoms with E-state index in [1.54, 1.807) is 20.8 Å². The van der Waals surface area contributed by atoms with Gasteiger partial charge in [0.25, 0.3) is 16.0 Å². The van der Waals surface area contributed by atoms with Crippen molar-refractivity contribution in [2.75, 3.05) is 6.26 Å². The summed E-state index contributed by atoms with van der Waals surface area (Å²) >= 11 is 0. The Morgan fingerprint density at radius 3 is 2.00 bits per heavy atom. The summed E-state index contributed by atoms with van der Waals surface area (Å²) in [5, 5.41) is 11.3. The van der Waals surface area contributed by atoms with Gasteiger partial charge in [0.15, 0.2) is 0 Å². The standard InChI is InChI=1S/C8H17NO6S/c1-7(2,3)14-6(10)9-8(4,11)15-16(5,12)13/h11H,1-5H3,(H,9,10). The van der Waals surface area contributed by atoms with Crippen LogP contribution < -0.4 is 5.32 Å². The van der Waals surface area contributed by atoms with Crippen molar-refractivity contribution in [3.8, 4) is 0 Å². The maximum absolute atomic E-state index is 11.2. The number of carbonyl (C=O) groups is 1. The van der Waals surface area contributed by atoms with E-state index in [2.05, 4.69) is 4.18 Å². The van der Waals surface area contributed by atoms with Crippen LogP contribution in [0.4, 0.5) is 4.79 Å². The second-order valence-electron chi connectivity index (χ2n) is 4.40. The van der Waals surface area contributed by atoms with Crippen LogP contribution in [0.3, 0.4) is 0 Å². The number of hydrogen-bond acceptors (Lipinski definition) is 6. The summed E-state index contributed by atoms with van der Waals surface area (Å²) < 4.78 is 30.5. The van der Waals surface area contributed by atoms with Gasteiger partial charge in [-0.1, -0.05) is 0 Å². The van der Waals surface area contributed by atoms with Crippen LogP contribution in [-0.2, 0) is 19.0 Å². The van der Waals surface area contributed by atoms with Crippen LogP contribution in [0.2, 0.25) is 0 Å². The molecular formula is C8H17NO6S. The average Bonchev–Trinajstić information content (AvgIpc) is 1.70. The molecule has 1 amide bonds. The van der Waals surface area contributed by atoms with Crippen molar-refractivity contribution in [1.29, 1.82) is 0 Å². The lowest BCUT2D eigenvalue weighted by Gasteiger charge is -2.26. The predicted molar refractivity (Wildman–Crippen MR) is 55.9 cm³/mol. The molecule has 0 spiro atoms. The fraction of sp³-hybridized carbons (Fsp3) is 0.875. The Labute approximate surface area is 94.9 Å². The zero-order chi connectivity index (χ0) is 13.2. The summed E-state index contributed by atoms with van der Waals surface area (Å²) in [5.74, 6) is -2.34. The number of carbonyl (C=O) groups excluding carboxylic acids is 1. The maximum Gasteiger partial charge on any atom is 0.411 e. The molecular weight excluding hydrogens is 238 g/mol. The highest BCUT2D eigenvalue weighted by Gasteiger charge is 2.30. The Morgan fingerprint density at radius 1 is 1.25 bits per heavy atom. The molecule has 0 saturated heterocycles. The Hall–Kier alpha value is -0.860. The Morgan fingerprint density at radius 2 is 1.69 bits per heavy atom. The molecule has 1 unspecified atom stereocenters. The van der Waals surface area contributed by atoms with E-state index in [4.69, 9.17) is 4.74 Å². The Bertz CT molecular complexity index is 353. The van der Waals surface area contributed by atoms with Crippen molar-refractivity contribution >= 4 is 16.2 Å². The third kappa shape index (κ3) is 8.45. The number of amides is 1. The second kappa shape index (κ2) is 4.56. The first-order chi connectivity index (χ1) is 6.81. The van der Waals surface area contributed by atoms with Crippen LogP contribution in [0.5, 0.6) is 0 Å². The molecule has 7 nitrogen and oxygen atoms in total. The van der Waals surface area contributed by atoms with E-state index in [9.17, 15) is 18.3 Å². The molecule has 96 valence electrons. The Kier molecular flexibility index (Phi) is 4.31. The minimum absolute atomic E-state index is 0.748. The van der Waals surface area contributed by atoms with Gasteiger partial charge in [-0.05, 0) is 20.8 Å². The maximum atomic E-state index is 11.2. The molecule has 0 aliphatic rings. The lowest BCUT2D eigenvalue weighted by Crippen LogP contribution is -2.50. The highest BCUT2D eigenvalue weighted by atomic mass is 32.2. The highest BCUT2D eigenvalue weighted by Crippen LogP contribution is 2.10. The van der Waals surface area contributed by atoms with Crippen LogP contribution in [0.1, 0.15) is 27.7 Å². The molecule has 0 aliphatic carbocycles. The zero-order valence-corrected chi connectivity index (χ0v) is 10.7. The monoisotopic (exact) mass is 255 g/mol. The molecule has 0 fully saturated rings. The lowest BCUT2D eigenvalue weighted by atomic mass is 10.2. The molecule has 0 heterocycles. The van der Waals surface area contributed by atoms with E-state index in [-0.39, 0.29) is 0 Å². The van der Waals surface area contributed by atoms with Gasteiger partial charge in [-0.25, -0.2) is 8.98 Å². The Balaban J connectivity index is 4.43. The first-order valence-electron chi connectivity index (χ1n) is 4.45. The number of ether oxygens (including phenoxy) is 1. The molecule has 2 N–H and O–H groups in total. The summed E-state index contributed by atoms with van der Waals surface area (Å²) in [7, 11) is -3.89. The van der Waals surface area contributed by atoms with Gasteiger partial charge in [0.1, 0.15) is 5.60 Å². The van der Waals surface area contributed by atoms with E-state index in [1.165, 1.54) is 0 Å². The van der Waals surface area contributed by atoms with Crippen molar-refractivity contribution < 1.29 is 27.2 Å². The second-order valence-corrected chi connectivity index (χ2v) is 5.97. The van der Waals surface area contributed by atoms with Crippen LogP contribution in [-0.4, -0.2) is 37.4 Å². The molecule has 0 aliphatic heterocycles. The van der Waals surface area contributed by atoms with Gasteiger partial charge in [0, 0.05) is 6.92 Å². The molecule has 0 aromatic rings. The average molecular weight is 255 g/mol. The molecule has 0 saturated carbocycles. The fourth-order valence-corrected chi connectivity index (χ4v) is 1.44. The van der Waals surface area contributed by atoms with Gasteiger partial charge in [-0.2, -0.15) is 8.42 Å². The van der Waals surface area contributed by atoms with Crippen LogP contribution >= 0.6 is 0 Å². The molecule has 0 radical (unpaired) electrons. The van der Waals surface area contributed by atoms with E-state index in [1.807, 2.05) is 5.32 Å². The third-order valence-electron chi connectivity index (χ3n) is 1.05. The van der Waals surface area contributed by atoms with Crippen molar-refractivity contribution in [1.82, 2.24) is 5.32 Å². The smallest absolute Gasteiger partial charge is 0.411 e. The van der Waals surface area contributed by atoms with Crippen LogP contribution in [0.25, 0.3) is 0 Å². The number of aliphatic hydroxyl groups is 1. The number of hydrogen-bond donors (Lipinski definition) is 2. The summed E-state index contributed by atoms with van der Waals surface area (Å²) in [6, 6.07) is 0. The van der Waals surface area contributed by atoms with E-state index in [0.29, 0.717) is 0 Å². The molecule has 0 rings (SSSR count). The predicted octanol–water partition coefficient (Wildman–Crippen LogP) is 0.153. The van der Waals surface area contributed by atoms with E-state index < -0.39 is 27.7 Å². The molecule has 0 aromatic heterocycles. The van der Waals surface area contributed by atoms with Crippen LogP contribution in [0, 0.1) is 0 Å². The summed E-state index contributed by atoms with van der Waals surface area (Å²) in [4.78, 5) is 11.2. The SMILES string of the molecule is CC(C)(C)OC(=O)NC(C)(O)OS(C)(=O)=O. The largest absolute Gasteiger partial charge is 0.444 e. The summed E-state index contributed by atoms with van der Waals surface area (Å²) in [6.45, 7) is 5.84. The summed E-state index contributed by atoms with van der Waals surface area (Å²) in [5.41, 5.74) is -0.759. The van der Waals surface area contributed by atoms with Crippen LogP contribution in [0.15, 0.2) is 0 Å². The van der Waals surface area contributed by atoms with Crippen molar-refractivity contribution in [2.24, 2.45) is 0 Å². The van der Waals surface area contributed by atoms with Gasteiger partial charge in [0.05, 0.1) is 6.26 Å². The third-order valence-corrected chi connectivity index (χ3v) is 1.67. The van der Waals surface area contributed by atoms with Gasteiger partial charge in [0.2, 0.25) is 0 Å². The molecule has 0 aromatic carbocycles. The van der Waals surface area contributed by atoms with Crippen molar-refractivity contribution in [3.63, 3.8) is 0 Å². The molecule has 8 heteroatoms. The van der Waals surface area contributed by atoms with E-state index >= 15 is 0 Å². The van der Waals surface area contributed by atoms with Crippen molar-refractivity contribution in [2.45, 2.75) is 39.2 Å². The van der Waals surface area contributed by atoms with Gasteiger partial charge in [-0.15, -0.1) is 0 Å². The molecule has 1 atom stereocenters. The minimum atomic E-state index is -3.89. The lowest BCUT2D eigenvalue weighted by molar-refractivity contribution is -0.139. The zero-order valence-electron chi connectivity index (χ0n) is 9.90. The minimum Gasteiger partial charge on any atom is -0.444 e. The van der Waals surface area contributed by atoms with Gasteiger partial charge < -0.3 is 9.84 Å². The van der Waals surface area contributed by atoms with Gasteiger partial charge >= 0.3 is 6.09 Å². The number of rotatable bonds is 3. The van der Waals surface area contributed by atoms with Crippen molar-refractivity contribution in [3.05, 3.63) is 0 Å². The number of alkyl carbamates (subject to hydrolysis) is 1. The van der Waals surface area contributed by atoms with E-state index in [0.717, 1.165) is 13.2 Å². The quantitative estimate of drug-likeness (QED) is 0.550. The molecule has 16 heavy (non-hydrogen) atoms. The molecule has 0 bridgehead atoms. The topological polar surface area (TPSA) is 102 Å². The highest BCUT2D eigenvalue weighted by molar-refractivity contribution is 7.86. The normalized spacial score (nSPS) is 16.4. The van der Waals surface area contributed by atoms with Gasteiger partial charge in [-0.3, -0.25) is 5.32 Å². The first-order valence-corrected chi connectivity index (χ1v) is 6.26. The summed E-state index contributed by atoms with van der Waals surface area (Å²) in [6.07, 6.45) is -0.237.